The van der Waals surface area contributed by atoms with Crippen molar-refractivity contribution in [3.63, 3.8) is 0 Å². The van der Waals surface area contributed by atoms with E-state index in [4.69, 9.17) is 4.74 Å². The number of carbonyl (C=O) groups is 2. The lowest BCUT2D eigenvalue weighted by Gasteiger charge is -2.07. The molecule has 6 nitrogen and oxygen atoms in total. The van der Waals surface area contributed by atoms with Crippen LogP contribution in [0.4, 0.5) is 5.00 Å². The molecule has 152 valence electrons. The summed E-state index contributed by atoms with van der Waals surface area (Å²) in [6, 6.07) is 0. The molecule has 3 aromatic rings. The van der Waals surface area contributed by atoms with Crippen LogP contribution in [0.25, 0.3) is 10.2 Å². The molecule has 1 aliphatic carbocycles. The summed E-state index contributed by atoms with van der Waals surface area (Å²) in [7, 11) is 0. The first kappa shape index (κ1) is 20.3. The number of ether oxygens (including phenoxy) is 1. The number of carbonyl (C=O) groups excluding carboxylic acids is 2. The highest BCUT2D eigenvalue weighted by Gasteiger charge is 2.24. The summed E-state index contributed by atoms with van der Waals surface area (Å²) in [4.78, 5) is 37.2. The molecular formula is C20H21N3O3S3. The number of anilines is 1. The molecule has 0 saturated carbocycles. The first-order valence-electron chi connectivity index (χ1n) is 9.44. The summed E-state index contributed by atoms with van der Waals surface area (Å²) < 4.78 is 5.15. The third-order valence-corrected chi connectivity index (χ3v) is 8.24. The molecule has 9 heteroatoms. The lowest BCUT2D eigenvalue weighted by molar-refractivity contribution is -0.113. The standard InChI is InChI=1S/C20H21N3O3S3/c1-4-26-20(25)15-10(2)11(3)28-19(15)23-14(24)8-27-17-16-12-6-5-7-13(12)29-18(16)22-9-21-17/h9H,4-8H2,1-3H3,(H,23,24). The van der Waals surface area contributed by atoms with Crippen molar-refractivity contribution in [1.82, 2.24) is 9.97 Å². The maximum absolute atomic E-state index is 12.6. The minimum Gasteiger partial charge on any atom is -0.462 e. The first-order chi connectivity index (χ1) is 14.0. The van der Waals surface area contributed by atoms with Gasteiger partial charge in [-0.25, -0.2) is 14.8 Å². The highest BCUT2D eigenvalue weighted by Crippen LogP contribution is 2.40. The molecule has 3 heterocycles. The zero-order valence-electron chi connectivity index (χ0n) is 16.5. The number of amides is 1. The van der Waals surface area contributed by atoms with Crippen molar-refractivity contribution < 1.29 is 14.3 Å². The van der Waals surface area contributed by atoms with Gasteiger partial charge in [0.1, 0.15) is 21.2 Å². The van der Waals surface area contributed by atoms with E-state index >= 15 is 0 Å². The molecule has 0 saturated heterocycles. The minimum atomic E-state index is -0.399. The van der Waals surface area contributed by atoms with Gasteiger partial charge in [0.2, 0.25) is 5.91 Å². The van der Waals surface area contributed by atoms with Gasteiger partial charge in [-0.3, -0.25) is 4.79 Å². The predicted molar refractivity (Wildman–Crippen MR) is 119 cm³/mol. The quantitative estimate of drug-likeness (QED) is 0.333. The van der Waals surface area contributed by atoms with Crippen molar-refractivity contribution in [2.75, 3.05) is 17.7 Å². The van der Waals surface area contributed by atoms with Crippen LogP contribution in [-0.2, 0) is 22.4 Å². The second kappa shape index (κ2) is 8.41. The summed E-state index contributed by atoms with van der Waals surface area (Å²) in [6.07, 6.45) is 4.90. The van der Waals surface area contributed by atoms with Crippen LogP contribution in [0.15, 0.2) is 11.4 Å². The van der Waals surface area contributed by atoms with Crippen LogP contribution in [0.1, 0.15) is 44.6 Å². The van der Waals surface area contributed by atoms with Crippen LogP contribution in [-0.4, -0.2) is 34.2 Å². The summed E-state index contributed by atoms with van der Waals surface area (Å²) in [5, 5.41) is 5.41. The van der Waals surface area contributed by atoms with Crippen LogP contribution >= 0.6 is 34.4 Å². The molecule has 1 N–H and O–H groups in total. The first-order valence-corrected chi connectivity index (χ1v) is 12.1. The Balaban J connectivity index is 1.50. The van der Waals surface area contributed by atoms with E-state index in [9.17, 15) is 9.59 Å². The lowest BCUT2D eigenvalue weighted by atomic mass is 10.1. The van der Waals surface area contributed by atoms with Gasteiger partial charge < -0.3 is 10.1 Å². The number of aromatic nitrogens is 2. The van der Waals surface area contributed by atoms with Crippen molar-refractivity contribution in [1.29, 1.82) is 0 Å². The van der Waals surface area contributed by atoms with Gasteiger partial charge in [0.15, 0.2) is 0 Å². The van der Waals surface area contributed by atoms with E-state index in [0.29, 0.717) is 17.2 Å². The number of thioether (sulfide) groups is 1. The average molecular weight is 448 g/mol. The Morgan fingerprint density at radius 2 is 2.07 bits per heavy atom. The van der Waals surface area contributed by atoms with Crippen LogP contribution in [0.2, 0.25) is 0 Å². The van der Waals surface area contributed by atoms with E-state index in [1.807, 2.05) is 13.8 Å². The average Bonchev–Trinajstić information content (AvgIpc) is 3.34. The van der Waals surface area contributed by atoms with E-state index in [1.54, 1.807) is 24.6 Å². The van der Waals surface area contributed by atoms with Gasteiger partial charge >= 0.3 is 5.97 Å². The van der Waals surface area contributed by atoms with Gasteiger partial charge in [0.05, 0.1) is 17.9 Å². The molecule has 1 aliphatic rings. The van der Waals surface area contributed by atoms with E-state index in [-0.39, 0.29) is 11.7 Å². The van der Waals surface area contributed by atoms with Gasteiger partial charge in [-0.2, -0.15) is 0 Å². The molecule has 0 spiro atoms. The van der Waals surface area contributed by atoms with Gasteiger partial charge in [-0.1, -0.05) is 11.8 Å². The second-order valence-corrected chi connectivity index (χ2v) is 10.0. The molecule has 0 bridgehead atoms. The van der Waals surface area contributed by atoms with E-state index < -0.39 is 5.97 Å². The Kier molecular flexibility index (Phi) is 5.89. The van der Waals surface area contributed by atoms with Crippen molar-refractivity contribution in [2.45, 2.75) is 45.1 Å². The van der Waals surface area contributed by atoms with Crippen LogP contribution < -0.4 is 5.32 Å². The van der Waals surface area contributed by atoms with Crippen LogP contribution in [0, 0.1) is 13.8 Å². The highest BCUT2D eigenvalue weighted by molar-refractivity contribution is 8.00. The number of esters is 1. The molecule has 4 rings (SSSR count). The number of aryl methyl sites for hydroxylation is 3. The van der Waals surface area contributed by atoms with E-state index in [0.717, 1.165) is 38.5 Å². The fourth-order valence-corrected chi connectivity index (χ4v) is 6.65. The Morgan fingerprint density at radius 3 is 2.86 bits per heavy atom. The van der Waals surface area contributed by atoms with Crippen molar-refractivity contribution in [2.24, 2.45) is 0 Å². The largest absolute Gasteiger partial charge is 0.462 e. The lowest BCUT2D eigenvalue weighted by Crippen LogP contribution is -2.16. The molecule has 0 unspecified atom stereocenters. The summed E-state index contributed by atoms with van der Waals surface area (Å²) in [6.45, 7) is 5.87. The predicted octanol–water partition coefficient (Wildman–Crippen LogP) is 4.77. The molecule has 0 radical (unpaired) electrons. The Bertz CT molecular complexity index is 1100. The summed E-state index contributed by atoms with van der Waals surface area (Å²) in [5.74, 6) is -0.348. The van der Waals surface area contributed by atoms with Gasteiger partial charge in [-0.05, 0) is 51.2 Å². The molecular weight excluding hydrogens is 426 g/mol. The molecule has 1 amide bonds. The maximum Gasteiger partial charge on any atom is 0.341 e. The molecule has 0 atom stereocenters. The maximum atomic E-state index is 12.6. The number of fused-ring (bicyclic) bond motifs is 3. The summed E-state index contributed by atoms with van der Waals surface area (Å²) in [5.41, 5.74) is 2.65. The third kappa shape index (κ3) is 3.91. The molecule has 29 heavy (non-hydrogen) atoms. The minimum absolute atomic E-state index is 0.166. The fourth-order valence-electron chi connectivity index (χ4n) is 3.47. The van der Waals surface area contributed by atoms with E-state index in [1.165, 1.54) is 40.0 Å². The molecule has 3 aromatic heterocycles. The second-order valence-electron chi connectivity index (χ2n) is 6.76. The number of nitrogens with one attached hydrogen (secondary N) is 1. The van der Waals surface area contributed by atoms with Crippen molar-refractivity contribution in [3.8, 4) is 0 Å². The highest BCUT2D eigenvalue weighted by atomic mass is 32.2. The third-order valence-electron chi connectivity index (χ3n) is 4.92. The normalized spacial score (nSPS) is 12.9. The topological polar surface area (TPSA) is 81.2 Å². The Labute approximate surface area is 181 Å². The molecule has 0 aromatic carbocycles. The number of hydrogen-bond donors (Lipinski definition) is 1. The number of hydrogen-bond acceptors (Lipinski definition) is 8. The number of thiophene rings is 2. The fraction of sp³-hybridized carbons (Fsp3) is 0.400. The van der Waals surface area contributed by atoms with E-state index in [2.05, 4.69) is 15.3 Å². The van der Waals surface area contributed by atoms with Crippen molar-refractivity contribution in [3.05, 3.63) is 32.8 Å². The van der Waals surface area contributed by atoms with Gasteiger partial charge in [0.25, 0.3) is 0 Å². The zero-order chi connectivity index (χ0) is 20.5. The van der Waals surface area contributed by atoms with Gasteiger partial charge in [0, 0.05) is 15.1 Å². The van der Waals surface area contributed by atoms with Crippen LogP contribution in [0.5, 0.6) is 0 Å². The smallest absolute Gasteiger partial charge is 0.341 e. The Hall–Kier alpha value is -1.97. The number of rotatable bonds is 6. The zero-order valence-corrected chi connectivity index (χ0v) is 18.9. The Morgan fingerprint density at radius 1 is 1.24 bits per heavy atom. The van der Waals surface area contributed by atoms with Crippen molar-refractivity contribution >= 4 is 61.5 Å². The molecule has 0 fully saturated rings. The number of nitrogens with zero attached hydrogens (tertiary/aromatic N) is 2. The van der Waals surface area contributed by atoms with Crippen LogP contribution in [0.3, 0.4) is 0 Å². The van der Waals surface area contributed by atoms with Gasteiger partial charge in [-0.15, -0.1) is 22.7 Å². The SMILES string of the molecule is CCOC(=O)c1c(NC(=O)CSc2ncnc3sc4c(c23)CCC4)sc(C)c1C. The molecule has 0 aliphatic heterocycles. The monoisotopic (exact) mass is 447 g/mol. The summed E-state index contributed by atoms with van der Waals surface area (Å²) >= 11 is 4.55.